The molecule has 0 aliphatic carbocycles. The molecule has 2 N–H and O–H groups in total. The monoisotopic (exact) mass is 411 g/mol. The van der Waals surface area contributed by atoms with E-state index in [4.69, 9.17) is 5.26 Å². The summed E-state index contributed by atoms with van der Waals surface area (Å²) < 4.78 is 27.1. The maximum Gasteiger partial charge on any atom is 0.191 e. The van der Waals surface area contributed by atoms with Crippen LogP contribution in [0.5, 0.6) is 0 Å². The van der Waals surface area contributed by atoms with E-state index in [1.54, 1.807) is 12.1 Å². The maximum absolute atomic E-state index is 14.1. The quantitative estimate of drug-likeness (QED) is 0.564. The number of piperidine rings is 1. The summed E-state index contributed by atoms with van der Waals surface area (Å²) in [6, 6.07) is 13.3. The second kappa shape index (κ2) is 10.7. The molecule has 0 unspecified atom stereocenters. The zero-order valence-electron chi connectivity index (χ0n) is 17.2. The fourth-order valence-electron chi connectivity index (χ4n) is 3.51. The number of guanidine groups is 1. The van der Waals surface area contributed by atoms with Gasteiger partial charge in [0.05, 0.1) is 18.2 Å². The summed E-state index contributed by atoms with van der Waals surface area (Å²) in [6.07, 6.45) is 1.94. The SMILES string of the molecule is CCNC(=NCc1ccc(C#N)cc1F)NC1CCN(Cc2ccc(F)cc2)CC1. The van der Waals surface area contributed by atoms with E-state index >= 15 is 0 Å². The largest absolute Gasteiger partial charge is 0.357 e. The van der Waals surface area contributed by atoms with Crippen molar-refractivity contribution in [2.24, 2.45) is 4.99 Å². The lowest BCUT2D eigenvalue weighted by Gasteiger charge is -2.33. The van der Waals surface area contributed by atoms with Crippen LogP contribution in [0.1, 0.15) is 36.5 Å². The zero-order chi connectivity index (χ0) is 21.3. The number of benzene rings is 2. The molecule has 2 aromatic rings. The lowest BCUT2D eigenvalue weighted by Crippen LogP contribution is -2.48. The van der Waals surface area contributed by atoms with E-state index in [1.807, 2.05) is 25.1 Å². The van der Waals surface area contributed by atoms with Gasteiger partial charge >= 0.3 is 0 Å². The van der Waals surface area contributed by atoms with Gasteiger partial charge in [0.1, 0.15) is 11.6 Å². The van der Waals surface area contributed by atoms with E-state index in [1.165, 1.54) is 18.2 Å². The van der Waals surface area contributed by atoms with Crippen molar-refractivity contribution in [3.8, 4) is 6.07 Å². The molecule has 5 nitrogen and oxygen atoms in total. The van der Waals surface area contributed by atoms with Crippen LogP contribution in [0.2, 0.25) is 0 Å². The van der Waals surface area contributed by atoms with Gasteiger partial charge in [-0.1, -0.05) is 18.2 Å². The van der Waals surface area contributed by atoms with Crippen LogP contribution < -0.4 is 10.6 Å². The number of halogens is 2. The second-order valence-corrected chi connectivity index (χ2v) is 7.43. The van der Waals surface area contributed by atoms with Crippen molar-refractivity contribution in [3.63, 3.8) is 0 Å². The first-order valence-corrected chi connectivity index (χ1v) is 10.3. The Hall–Kier alpha value is -2.98. The minimum Gasteiger partial charge on any atom is -0.357 e. The van der Waals surface area contributed by atoms with Gasteiger partial charge in [0.2, 0.25) is 0 Å². The van der Waals surface area contributed by atoms with Crippen LogP contribution in [0, 0.1) is 23.0 Å². The minimum absolute atomic E-state index is 0.205. The van der Waals surface area contributed by atoms with Crippen molar-refractivity contribution in [1.29, 1.82) is 5.26 Å². The summed E-state index contributed by atoms with van der Waals surface area (Å²) >= 11 is 0. The van der Waals surface area contributed by atoms with Crippen molar-refractivity contribution in [1.82, 2.24) is 15.5 Å². The molecule has 0 atom stereocenters. The average molecular weight is 412 g/mol. The van der Waals surface area contributed by atoms with Crippen molar-refractivity contribution in [3.05, 3.63) is 70.8 Å². The van der Waals surface area contributed by atoms with Crippen LogP contribution in [-0.2, 0) is 13.1 Å². The Kier molecular flexibility index (Phi) is 7.75. The van der Waals surface area contributed by atoms with Crippen LogP contribution >= 0.6 is 0 Å². The number of likely N-dealkylation sites (tertiary alicyclic amines) is 1. The van der Waals surface area contributed by atoms with E-state index < -0.39 is 5.82 Å². The van der Waals surface area contributed by atoms with Crippen LogP contribution in [0.4, 0.5) is 8.78 Å². The highest BCUT2D eigenvalue weighted by molar-refractivity contribution is 5.80. The summed E-state index contributed by atoms with van der Waals surface area (Å²) in [6.45, 7) is 5.61. The summed E-state index contributed by atoms with van der Waals surface area (Å²) in [5, 5.41) is 15.5. The number of nitrogens with one attached hydrogen (secondary N) is 2. The average Bonchev–Trinajstić information content (AvgIpc) is 2.75. The molecule has 1 aliphatic heterocycles. The molecular formula is C23H27F2N5. The maximum atomic E-state index is 14.1. The molecule has 1 fully saturated rings. The Morgan fingerprint density at radius 1 is 1.17 bits per heavy atom. The van der Waals surface area contributed by atoms with Gasteiger partial charge in [-0.3, -0.25) is 4.90 Å². The third-order valence-electron chi connectivity index (χ3n) is 5.18. The number of hydrogen-bond donors (Lipinski definition) is 2. The summed E-state index contributed by atoms with van der Waals surface area (Å²) in [4.78, 5) is 6.87. The van der Waals surface area contributed by atoms with Gasteiger partial charge in [-0.25, -0.2) is 13.8 Å². The minimum atomic E-state index is -0.414. The lowest BCUT2D eigenvalue weighted by molar-refractivity contribution is 0.198. The third-order valence-corrected chi connectivity index (χ3v) is 5.18. The topological polar surface area (TPSA) is 63.5 Å². The predicted octanol–water partition coefficient (Wildman–Crippen LogP) is 3.56. The van der Waals surface area contributed by atoms with E-state index in [9.17, 15) is 8.78 Å². The molecule has 3 rings (SSSR count). The molecule has 0 bridgehead atoms. The molecule has 0 amide bonds. The number of nitrogens with zero attached hydrogens (tertiary/aromatic N) is 3. The van der Waals surface area contributed by atoms with Gasteiger partial charge in [0.25, 0.3) is 0 Å². The Labute approximate surface area is 176 Å². The first kappa shape index (κ1) is 21.7. The van der Waals surface area contributed by atoms with Gasteiger partial charge in [-0.15, -0.1) is 0 Å². The number of nitriles is 1. The molecule has 0 spiro atoms. The molecule has 1 aliphatic rings. The number of aliphatic imine (C=N–C) groups is 1. The molecule has 1 saturated heterocycles. The first-order valence-electron chi connectivity index (χ1n) is 10.3. The second-order valence-electron chi connectivity index (χ2n) is 7.43. The number of hydrogen-bond acceptors (Lipinski definition) is 3. The molecule has 0 radical (unpaired) electrons. The van der Waals surface area contributed by atoms with Crippen molar-refractivity contribution in [2.45, 2.75) is 38.9 Å². The van der Waals surface area contributed by atoms with E-state index in [-0.39, 0.29) is 18.4 Å². The molecule has 30 heavy (non-hydrogen) atoms. The highest BCUT2D eigenvalue weighted by atomic mass is 19.1. The van der Waals surface area contributed by atoms with Gasteiger partial charge in [-0.05, 0) is 49.6 Å². The molecule has 1 heterocycles. The van der Waals surface area contributed by atoms with Crippen molar-refractivity contribution in [2.75, 3.05) is 19.6 Å². The highest BCUT2D eigenvalue weighted by Crippen LogP contribution is 2.15. The fraction of sp³-hybridized carbons (Fsp3) is 0.391. The van der Waals surface area contributed by atoms with E-state index in [2.05, 4.69) is 20.5 Å². The Bertz CT molecular complexity index is 897. The summed E-state index contributed by atoms with van der Waals surface area (Å²) in [7, 11) is 0. The lowest BCUT2D eigenvalue weighted by atomic mass is 10.0. The molecular weight excluding hydrogens is 384 g/mol. The van der Waals surface area contributed by atoms with Gasteiger partial charge in [-0.2, -0.15) is 5.26 Å². The fourth-order valence-corrected chi connectivity index (χ4v) is 3.51. The molecule has 158 valence electrons. The Balaban J connectivity index is 1.52. The molecule has 0 saturated carbocycles. The van der Waals surface area contributed by atoms with Gasteiger partial charge in [0.15, 0.2) is 5.96 Å². The first-order chi connectivity index (χ1) is 14.6. The molecule has 2 aromatic carbocycles. The normalized spacial score (nSPS) is 15.6. The van der Waals surface area contributed by atoms with Crippen molar-refractivity contribution >= 4 is 5.96 Å². The van der Waals surface area contributed by atoms with Crippen molar-refractivity contribution < 1.29 is 8.78 Å². The summed E-state index contributed by atoms with van der Waals surface area (Å²) in [5.74, 6) is 0.0405. The van der Waals surface area contributed by atoms with Crippen LogP contribution in [0.25, 0.3) is 0 Å². The van der Waals surface area contributed by atoms with Crippen LogP contribution in [0.15, 0.2) is 47.5 Å². The zero-order valence-corrected chi connectivity index (χ0v) is 17.2. The Morgan fingerprint density at radius 2 is 1.90 bits per heavy atom. The Morgan fingerprint density at radius 3 is 2.53 bits per heavy atom. The van der Waals surface area contributed by atoms with Gasteiger partial charge < -0.3 is 10.6 Å². The number of rotatable bonds is 6. The molecule has 0 aromatic heterocycles. The van der Waals surface area contributed by atoms with Crippen LogP contribution in [0.3, 0.4) is 0 Å². The van der Waals surface area contributed by atoms with Gasteiger partial charge in [0, 0.05) is 37.8 Å². The van der Waals surface area contributed by atoms with E-state index in [0.29, 0.717) is 23.6 Å². The summed E-state index contributed by atoms with van der Waals surface area (Å²) in [5.41, 5.74) is 1.88. The standard InChI is InChI=1S/C23H27F2N5/c1-2-27-23(28-15-19-6-3-18(14-26)13-22(19)25)29-21-9-11-30(12-10-21)16-17-4-7-20(24)8-5-17/h3-8,13,21H,2,9-12,15-16H2,1H3,(H2,27,28,29). The third kappa shape index (κ3) is 6.26. The molecule has 7 heteroatoms. The smallest absolute Gasteiger partial charge is 0.191 e. The predicted molar refractivity (Wildman–Crippen MR) is 114 cm³/mol. The highest BCUT2D eigenvalue weighted by Gasteiger charge is 2.20. The van der Waals surface area contributed by atoms with E-state index in [0.717, 1.165) is 38.0 Å². The van der Waals surface area contributed by atoms with Crippen LogP contribution in [-0.4, -0.2) is 36.5 Å².